The number of carbonyl (C=O) groups excluding carboxylic acids is 2. The number of nitrogens with one attached hydrogen (secondary N) is 1. The van der Waals surface area contributed by atoms with E-state index in [2.05, 4.69) is 16.4 Å². The molecule has 2 fully saturated rings. The van der Waals surface area contributed by atoms with E-state index in [9.17, 15) is 9.59 Å². The van der Waals surface area contributed by atoms with Gasteiger partial charge in [0.15, 0.2) is 10.8 Å². The summed E-state index contributed by atoms with van der Waals surface area (Å²) < 4.78 is 1.89. The van der Waals surface area contributed by atoms with E-state index >= 15 is 0 Å². The van der Waals surface area contributed by atoms with Crippen molar-refractivity contribution in [3.05, 3.63) is 40.3 Å². The van der Waals surface area contributed by atoms with Crippen LogP contribution in [0.2, 0.25) is 0 Å². The summed E-state index contributed by atoms with van der Waals surface area (Å²) in [7, 11) is 0. The number of anilines is 1. The van der Waals surface area contributed by atoms with E-state index in [0.717, 1.165) is 60.6 Å². The molecule has 1 aliphatic heterocycles. The minimum atomic E-state index is -0.0543. The summed E-state index contributed by atoms with van der Waals surface area (Å²) in [5, 5.41) is 10.1. The Morgan fingerprint density at radius 3 is 2.84 bits per heavy atom. The Bertz CT molecular complexity index is 1130. The topological polar surface area (TPSA) is 92.5 Å². The molecule has 0 radical (unpaired) electrons. The predicted octanol–water partition coefficient (Wildman–Crippen LogP) is 3.10. The maximum absolute atomic E-state index is 12.4. The smallest absolute Gasteiger partial charge is 0.226 e. The number of likely N-dealkylation sites (tertiary alicyclic amines) is 1. The van der Waals surface area contributed by atoms with Gasteiger partial charge in [0.25, 0.3) is 0 Å². The third kappa shape index (κ3) is 4.06. The standard InChI is InChI=1S/C22H26N6O2S/c1-13-17(5-6-20(29)25-22-23-8-10-31-22)14(2)28-19(24-13)11-18(26-28)16-7-9-27(12-16)21(30)15-3-4-15/h8,10-11,15-16H,3-7,9,12H2,1-2H3,(H,23,25,29). The van der Waals surface area contributed by atoms with E-state index < -0.39 is 0 Å². The van der Waals surface area contributed by atoms with Crippen LogP contribution in [0.15, 0.2) is 17.6 Å². The summed E-state index contributed by atoms with van der Waals surface area (Å²) >= 11 is 1.41. The molecule has 2 amide bonds. The minimum Gasteiger partial charge on any atom is -0.342 e. The highest BCUT2D eigenvalue weighted by Gasteiger charge is 2.37. The molecule has 1 saturated carbocycles. The van der Waals surface area contributed by atoms with Crippen molar-refractivity contribution in [3.8, 4) is 0 Å². The number of thiazole rings is 1. The summed E-state index contributed by atoms with van der Waals surface area (Å²) in [6.07, 6.45) is 5.67. The van der Waals surface area contributed by atoms with Crippen LogP contribution in [-0.2, 0) is 16.0 Å². The zero-order chi connectivity index (χ0) is 21.5. The van der Waals surface area contributed by atoms with Gasteiger partial charge in [0.05, 0.1) is 5.69 Å². The lowest BCUT2D eigenvalue weighted by molar-refractivity contribution is -0.131. The summed E-state index contributed by atoms with van der Waals surface area (Å²) in [6, 6.07) is 2.05. The maximum atomic E-state index is 12.4. The van der Waals surface area contributed by atoms with E-state index in [4.69, 9.17) is 10.1 Å². The molecule has 4 heterocycles. The number of nitrogens with zero attached hydrogens (tertiary/aromatic N) is 5. The third-order valence-electron chi connectivity index (χ3n) is 6.31. The van der Waals surface area contributed by atoms with Crippen LogP contribution in [0.1, 0.15) is 54.2 Å². The van der Waals surface area contributed by atoms with E-state index in [-0.39, 0.29) is 17.7 Å². The fourth-order valence-corrected chi connectivity index (χ4v) is 4.95. The van der Waals surface area contributed by atoms with E-state index in [1.807, 2.05) is 28.6 Å². The van der Waals surface area contributed by atoms with Crippen LogP contribution in [0.25, 0.3) is 5.65 Å². The molecule has 0 spiro atoms. The zero-order valence-electron chi connectivity index (χ0n) is 17.8. The maximum Gasteiger partial charge on any atom is 0.226 e. The molecule has 1 N–H and O–H groups in total. The highest BCUT2D eigenvalue weighted by molar-refractivity contribution is 7.13. The number of carbonyl (C=O) groups is 2. The summed E-state index contributed by atoms with van der Waals surface area (Å²) in [5.74, 6) is 0.787. The van der Waals surface area contributed by atoms with Gasteiger partial charge < -0.3 is 10.2 Å². The van der Waals surface area contributed by atoms with Crippen molar-refractivity contribution in [2.24, 2.45) is 5.92 Å². The average Bonchev–Trinajstić information content (AvgIpc) is 3.12. The van der Waals surface area contributed by atoms with Crippen LogP contribution >= 0.6 is 11.3 Å². The second-order valence-electron chi connectivity index (χ2n) is 8.53. The Kier molecular flexibility index (Phi) is 5.21. The van der Waals surface area contributed by atoms with E-state index in [1.165, 1.54) is 11.3 Å². The summed E-state index contributed by atoms with van der Waals surface area (Å²) in [5.41, 5.74) is 4.82. The van der Waals surface area contributed by atoms with Crippen LogP contribution in [-0.4, -0.2) is 49.4 Å². The van der Waals surface area contributed by atoms with Gasteiger partial charge in [0.2, 0.25) is 11.8 Å². The molecule has 9 heteroatoms. The summed E-state index contributed by atoms with van der Waals surface area (Å²) in [4.78, 5) is 35.5. The Morgan fingerprint density at radius 1 is 1.26 bits per heavy atom. The van der Waals surface area contributed by atoms with Crippen molar-refractivity contribution in [2.45, 2.75) is 51.9 Å². The largest absolute Gasteiger partial charge is 0.342 e. The number of aromatic nitrogens is 4. The number of hydrogen-bond acceptors (Lipinski definition) is 6. The Hall–Kier alpha value is -2.81. The molecule has 1 aliphatic carbocycles. The van der Waals surface area contributed by atoms with Crippen LogP contribution in [0.3, 0.4) is 0 Å². The highest BCUT2D eigenvalue weighted by atomic mass is 32.1. The molecule has 1 saturated heterocycles. The summed E-state index contributed by atoms with van der Waals surface area (Å²) in [6.45, 7) is 5.59. The number of amides is 2. The first kappa shape index (κ1) is 20.1. The van der Waals surface area contributed by atoms with Gasteiger partial charge in [-0.1, -0.05) is 0 Å². The molecule has 8 nitrogen and oxygen atoms in total. The zero-order valence-corrected chi connectivity index (χ0v) is 18.6. The molecule has 3 aromatic rings. The second kappa shape index (κ2) is 8.03. The van der Waals surface area contributed by atoms with E-state index in [0.29, 0.717) is 23.9 Å². The van der Waals surface area contributed by atoms with Crippen molar-refractivity contribution < 1.29 is 9.59 Å². The Labute approximate surface area is 184 Å². The molecule has 0 bridgehead atoms. The van der Waals surface area contributed by atoms with Gasteiger partial charge in [-0.15, -0.1) is 11.3 Å². The molecular weight excluding hydrogens is 412 g/mol. The highest BCUT2D eigenvalue weighted by Crippen LogP contribution is 2.35. The SMILES string of the molecule is Cc1nc2cc(C3CCN(C(=O)C4CC4)C3)nn2c(C)c1CCC(=O)Nc1nccs1. The Morgan fingerprint density at radius 2 is 2.10 bits per heavy atom. The Balaban J connectivity index is 1.31. The average molecular weight is 439 g/mol. The first-order chi connectivity index (χ1) is 15.0. The monoisotopic (exact) mass is 438 g/mol. The van der Waals surface area contributed by atoms with Gasteiger partial charge >= 0.3 is 0 Å². The first-order valence-corrected chi connectivity index (χ1v) is 11.7. The van der Waals surface area contributed by atoms with Gasteiger partial charge in [-0.2, -0.15) is 5.10 Å². The fraction of sp³-hybridized carbons (Fsp3) is 0.500. The van der Waals surface area contributed by atoms with Crippen LogP contribution in [0.4, 0.5) is 5.13 Å². The minimum absolute atomic E-state index is 0.0543. The third-order valence-corrected chi connectivity index (χ3v) is 7.00. The number of rotatable bonds is 6. The normalized spacial score (nSPS) is 18.6. The van der Waals surface area contributed by atoms with Gasteiger partial charge in [-0.25, -0.2) is 14.5 Å². The molecule has 5 rings (SSSR count). The molecule has 0 aromatic carbocycles. The van der Waals surface area contributed by atoms with Crippen LogP contribution < -0.4 is 5.32 Å². The van der Waals surface area contributed by atoms with Crippen molar-refractivity contribution in [2.75, 3.05) is 18.4 Å². The van der Waals surface area contributed by atoms with Crippen molar-refractivity contribution in [1.29, 1.82) is 0 Å². The number of aryl methyl sites for hydroxylation is 2. The van der Waals surface area contributed by atoms with Crippen LogP contribution in [0.5, 0.6) is 0 Å². The van der Waals surface area contributed by atoms with Crippen molar-refractivity contribution >= 4 is 33.9 Å². The molecule has 1 unspecified atom stereocenters. The molecule has 2 aliphatic rings. The lowest BCUT2D eigenvalue weighted by Gasteiger charge is -2.15. The van der Waals surface area contributed by atoms with Crippen molar-refractivity contribution in [3.63, 3.8) is 0 Å². The number of fused-ring (bicyclic) bond motifs is 1. The van der Waals surface area contributed by atoms with Gasteiger partial charge in [-0.05, 0) is 45.1 Å². The fourth-order valence-electron chi connectivity index (χ4n) is 4.40. The number of hydrogen-bond donors (Lipinski definition) is 1. The van der Waals surface area contributed by atoms with Gasteiger partial charge in [-0.3, -0.25) is 9.59 Å². The predicted molar refractivity (Wildman–Crippen MR) is 118 cm³/mol. The molecule has 31 heavy (non-hydrogen) atoms. The second-order valence-corrected chi connectivity index (χ2v) is 9.42. The molecule has 162 valence electrons. The van der Waals surface area contributed by atoms with Gasteiger partial charge in [0, 0.05) is 60.4 Å². The quantitative estimate of drug-likeness (QED) is 0.638. The lowest BCUT2D eigenvalue weighted by Crippen LogP contribution is -2.29. The molecular formula is C22H26N6O2S. The van der Waals surface area contributed by atoms with E-state index in [1.54, 1.807) is 6.20 Å². The first-order valence-electron chi connectivity index (χ1n) is 10.8. The molecule has 3 aromatic heterocycles. The van der Waals surface area contributed by atoms with Gasteiger partial charge in [0.1, 0.15) is 0 Å². The molecule has 1 atom stereocenters. The lowest BCUT2D eigenvalue weighted by atomic mass is 10.1. The van der Waals surface area contributed by atoms with Crippen molar-refractivity contribution in [1.82, 2.24) is 24.5 Å². The van der Waals surface area contributed by atoms with Crippen LogP contribution in [0, 0.1) is 19.8 Å².